The minimum atomic E-state index is -1.15. The highest BCUT2D eigenvalue weighted by Crippen LogP contribution is 2.31. The van der Waals surface area contributed by atoms with Crippen LogP contribution >= 0.6 is 23.2 Å². The van der Waals surface area contributed by atoms with Crippen molar-refractivity contribution in [2.45, 2.75) is 6.92 Å². The van der Waals surface area contributed by atoms with Crippen LogP contribution in [0.15, 0.2) is 24.3 Å². The molecule has 0 fully saturated rings. The monoisotopic (exact) mass is 302 g/mol. The van der Waals surface area contributed by atoms with E-state index in [0.717, 1.165) is 5.57 Å². The maximum atomic E-state index is 11.5. The van der Waals surface area contributed by atoms with Crippen molar-refractivity contribution in [2.24, 2.45) is 0 Å². The van der Waals surface area contributed by atoms with Gasteiger partial charge in [0.1, 0.15) is 0 Å². The summed E-state index contributed by atoms with van der Waals surface area (Å²) in [6.45, 7) is 5.72. The average molecular weight is 303 g/mol. The third-order valence-electron chi connectivity index (χ3n) is 2.08. The number of carbonyl (C=O) groups is 2. The molecule has 0 atom stereocenters. The number of halogens is 2. The number of hydrogen-bond donors (Lipinski definition) is 3. The predicted molar refractivity (Wildman–Crippen MR) is 75.3 cm³/mol. The molecule has 7 heteroatoms. The first-order chi connectivity index (χ1) is 8.81. The van der Waals surface area contributed by atoms with Crippen LogP contribution in [0, 0.1) is 0 Å². The number of anilines is 1. The zero-order valence-corrected chi connectivity index (χ0v) is 11.6. The Morgan fingerprint density at radius 3 is 2.26 bits per heavy atom. The molecule has 19 heavy (non-hydrogen) atoms. The van der Waals surface area contributed by atoms with E-state index in [0.29, 0.717) is 6.54 Å². The molecule has 0 aromatic heterocycles. The Balaban J connectivity index is 2.87. The first kappa shape index (κ1) is 15.3. The van der Waals surface area contributed by atoms with E-state index in [9.17, 15) is 9.59 Å². The number of carboxylic acids is 1. The predicted octanol–water partition coefficient (Wildman–Crippen LogP) is 3.39. The van der Waals surface area contributed by atoms with Crippen molar-refractivity contribution in [2.75, 3.05) is 11.9 Å². The van der Waals surface area contributed by atoms with Crippen LogP contribution in [0.25, 0.3) is 0 Å². The average Bonchev–Trinajstić information content (AvgIpc) is 2.30. The van der Waals surface area contributed by atoms with E-state index in [-0.39, 0.29) is 21.3 Å². The molecule has 1 aromatic rings. The number of aromatic carboxylic acids is 1. The minimum absolute atomic E-state index is 0.0513. The minimum Gasteiger partial charge on any atom is -0.478 e. The quantitative estimate of drug-likeness (QED) is 0.746. The summed E-state index contributed by atoms with van der Waals surface area (Å²) in [6, 6.07) is 1.92. The molecule has 0 heterocycles. The molecule has 0 radical (unpaired) electrons. The zero-order chi connectivity index (χ0) is 14.6. The van der Waals surface area contributed by atoms with Crippen LogP contribution < -0.4 is 10.6 Å². The smallest absolute Gasteiger partial charge is 0.335 e. The molecule has 5 nitrogen and oxygen atoms in total. The van der Waals surface area contributed by atoms with Crippen molar-refractivity contribution in [3.8, 4) is 0 Å². The molecule has 0 aliphatic carbocycles. The Kier molecular flexibility index (Phi) is 5.20. The van der Waals surface area contributed by atoms with E-state index < -0.39 is 12.0 Å². The van der Waals surface area contributed by atoms with E-state index in [1.807, 2.05) is 0 Å². The summed E-state index contributed by atoms with van der Waals surface area (Å²) in [5.41, 5.74) is 0.893. The Labute approximate surface area is 120 Å². The van der Waals surface area contributed by atoms with Gasteiger partial charge < -0.3 is 15.7 Å². The van der Waals surface area contributed by atoms with Gasteiger partial charge in [-0.1, -0.05) is 35.4 Å². The Morgan fingerprint density at radius 2 is 1.84 bits per heavy atom. The van der Waals surface area contributed by atoms with Gasteiger partial charge in [-0.15, -0.1) is 0 Å². The maximum absolute atomic E-state index is 11.5. The van der Waals surface area contributed by atoms with Crippen LogP contribution in [-0.2, 0) is 0 Å². The van der Waals surface area contributed by atoms with Gasteiger partial charge in [-0.2, -0.15) is 0 Å². The molecular formula is C12H12Cl2N2O3. The molecular weight excluding hydrogens is 291 g/mol. The number of nitrogens with one attached hydrogen (secondary N) is 2. The highest BCUT2D eigenvalue weighted by molar-refractivity contribution is 6.40. The fourth-order valence-corrected chi connectivity index (χ4v) is 1.79. The molecule has 1 aromatic carbocycles. The number of carbonyl (C=O) groups excluding carboxylic acids is 1. The molecule has 0 aliphatic rings. The molecule has 2 amide bonds. The van der Waals surface area contributed by atoms with Crippen molar-refractivity contribution in [3.63, 3.8) is 0 Å². The van der Waals surface area contributed by atoms with E-state index >= 15 is 0 Å². The molecule has 102 valence electrons. The summed E-state index contributed by atoms with van der Waals surface area (Å²) in [6.07, 6.45) is 0. The lowest BCUT2D eigenvalue weighted by Gasteiger charge is -2.11. The number of amides is 2. The van der Waals surface area contributed by atoms with E-state index in [1.54, 1.807) is 6.92 Å². The third kappa shape index (κ3) is 4.46. The van der Waals surface area contributed by atoms with Crippen LogP contribution in [0.2, 0.25) is 10.0 Å². The van der Waals surface area contributed by atoms with Crippen molar-refractivity contribution in [3.05, 3.63) is 39.9 Å². The lowest BCUT2D eigenvalue weighted by molar-refractivity contribution is 0.0697. The summed E-state index contributed by atoms with van der Waals surface area (Å²) in [7, 11) is 0. The van der Waals surface area contributed by atoms with Crippen molar-refractivity contribution in [1.82, 2.24) is 5.32 Å². The number of urea groups is 1. The number of carboxylic acid groups (broad SMARTS) is 1. The summed E-state index contributed by atoms with van der Waals surface area (Å²) in [5.74, 6) is -1.15. The van der Waals surface area contributed by atoms with Crippen LogP contribution in [-0.4, -0.2) is 23.7 Å². The van der Waals surface area contributed by atoms with Gasteiger partial charge in [0.25, 0.3) is 0 Å². The first-order valence-corrected chi connectivity index (χ1v) is 5.98. The SMILES string of the molecule is C=C(C)CNC(=O)Nc1c(Cl)cc(C(=O)O)cc1Cl. The van der Waals surface area contributed by atoms with E-state index in [4.69, 9.17) is 28.3 Å². The first-order valence-electron chi connectivity index (χ1n) is 5.23. The standard InChI is InChI=1S/C12H12Cl2N2O3/c1-6(2)5-15-12(19)16-10-8(13)3-7(11(17)18)4-9(10)14/h3-4H,1,5H2,2H3,(H,17,18)(H2,15,16,19). The van der Waals surface area contributed by atoms with Crippen molar-refractivity contribution in [1.29, 1.82) is 0 Å². The van der Waals surface area contributed by atoms with E-state index in [1.165, 1.54) is 12.1 Å². The molecule has 3 N–H and O–H groups in total. The maximum Gasteiger partial charge on any atom is 0.335 e. The number of benzene rings is 1. The summed E-state index contributed by atoms with van der Waals surface area (Å²) < 4.78 is 0. The molecule has 0 spiro atoms. The Morgan fingerprint density at radius 1 is 1.32 bits per heavy atom. The molecule has 0 bridgehead atoms. The largest absolute Gasteiger partial charge is 0.478 e. The number of rotatable bonds is 4. The second-order valence-corrected chi connectivity index (χ2v) is 4.70. The number of hydrogen-bond acceptors (Lipinski definition) is 2. The normalized spacial score (nSPS) is 9.84. The van der Waals surface area contributed by atoms with E-state index in [2.05, 4.69) is 17.2 Å². The van der Waals surface area contributed by atoms with Crippen LogP contribution in [0.4, 0.5) is 10.5 Å². The van der Waals surface area contributed by atoms with Gasteiger partial charge in [0.15, 0.2) is 0 Å². The summed E-state index contributed by atoms with van der Waals surface area (Å²) >= 11 is 11.8. The van der Waals surface area contributed by atoms with Crippen molar-refractivity contribution >= 4 is 40.9 Å². The lowest BCUT2D eigenvalue weighted by atomic mass is 10.2. The van der Waals surface area contributed by atoms with Gasteiger partial charge in [-0.25, -0.2) is 9.59 Å². The fraction of sp³-hybridized carbons (Fsp3) is 0.167. The van der Waals surface area contributed by atoms with Crippen LogP contribution in [0.1, 0.15) is 17.3 Å². The van der Waals surface area contributed by atoms with Crippen LogP contribution in [0.5, 0.6) is 0 Å². The van der Waals surface area contributed by atoms with Gasteiger partial charge in [0.2, 0.25) is 0 Å². The Hall–Kier alpha value is -1.72. The zero-order valence-electron chi connectivity index (χ0n) is 10.1. The molecule has 0 saturated heterocycles. The van der Waals surface area contributed by atoms with Gasteiger partial charge >= 0.3 is 12.0 Å². The molecule has 1 rings (SSSR count). The highest BCUT2D eigenvalue weighted by atomic mass is 35.5. The summed E-state index contributed by atoms with van der Waals surface area (Å²) in [5, 5.41) is 13.9. The van der Waals surface area contributed by atoms with Crippen LogP contribution in [0.3, 0.4) is 0 Å². The lowest BCUT2D eigenvalue weighted by Crippen LogP contribution is -2.30. The summed E-state index contributed by atoms with van der Waals surface area (Å²) in [4.78, 5) is 22.3. The third-order valence-corrected chi connectivity index (χ3v) is 2.67. The fourth-order valence-electron chi connectivity index (χ4n) is 1.20. The van der Waals surface area contributed by atoms with Gasteiger partial charge in [-0.05, 0) is 19.1 Å². The molecule has 0 aliphatic heterocycles. The van der Waals surface area contributed by atoms with Gasteiger partial charge in [0, 0.05) is 6.54 Å². The topological polar surface area (TPSA) is 78.4 Å². The molecule has 0 saturated carbocycles. The van der Waals surface area contributed by atoms with Crippen molar-refractivity contribution < 1.29 is 14.7 Å². The highest BCUT2D eigenvalue weighted by Gasteiger charge is 2.14. The second kappa shape index (κ2) is 6.45. The second-order valence-electron chi connectivity index (χ2n) is 3.88. The Bertz CT molecular complexity index is 521. The van der Waals surface area contributed by atoms with Gasteiger partial charge in [0.05, 0.1) is 21.3 Å². The van der Waals surface area contributed by atoms with Gasteiger partial charge in [-0.3, -0.25) is 0 Å². The molecule has 0 unspecified atom stereocenters.